The van der Waals surface area contributed by atoms with Gasteiger partial charge in [0.05, 0.1) is 18.0 Å². The van der Waals surface area contributed by atoms with Crippen molar-refractivity contribution in [2.75, 3.05) is 0 Å². The fraction of sp³-hybridized carbons (Fsp3) is 0.179. The molecule has 168 valence electrons. The number of carbonyl (C=O) groups is 1. The van der Waals surface area contributed by atoms with Gasteiger partial charge in [-0.3, -0.25) is 4.79 Å². The van der Waals surface area contributed by atoms with Crippen LogP contribution in [0.3, 0.4) is 0 Å². The fourth-order valence-electron chi connectivity index (χ4n) is 4.89. The van der Waals surface area contributed by atoms with Gasteiger partial charge in [0.1, 0.15) is 0 Å². The second-order valence-electron chi connectivity index (χ2n) is 8.64. The molecule has 1 aliphatic rings. The number of pyridine rings is 1. The maximum atomic E-state index is 13.7. The highest BCUT2D eigenvalue weighted by Crippen LogP contribution is 2.34. The molecule has 0 unspecified atom stereocenters. The largest absolute Gasteiger partial charge is 0.344 e. The Hall–Kier alpha value is -3.77. The van der Waals surface area contributed by atoms with Gasteiger partial charge in [0.15, 0.2) is 11.3 Å². The van der Waals surface area contributed by atoms with Crippen molar-refractivity contribution in [1.29, 1.82) is 0 Å². The lowest BCUT2D eigenvalue weighted by Crippen LogP contribution is -2.31. The van der Waals surface area contributed by atoms with E-state index < -0.39 is 0 Å². The van der Waals surface area contributed by atoms with Crippen molar-refractivity contribution in [1.82, 2.24) is 20.1 Å². The van der Waals surface area contributed by atoms with Crippen molar-refractivity contribution >= 4 is 28.3 Å². The normalized spacial score (nSPS) is 15.2. The third kappa shape index (κ3) is 3.80. The van der Waals surface area contributed by atoms with Crippen molar-refractivity contribution in [3.63, 3.8) is 0 Å². The fourth-order valence-corrected chi connectivity index (χ4v) is 5.65. The lowest BCUT2D eigenvalue weighted by molar-refractivity contribution is 0.0928. The van der Waals surface area contributed by atoms with E-state index in [9.17, 15) is 4.79 Å². The molecule has 0 radical (unpaired) electrons. The smallest absolute Gasteiger partial charge is 0.272 e. The quantitative estimate of drug-likeness (QED) is 0.346. The average molecular weight is 465 g/mol. The summed E-state index contributed by atoms with van der Waals surface area (Å²) in [7, 11) is 0. The highest BCUT2D eigenvalue weighted by atomic mass is 32.1. The number of carbonyl (C=O) groups excluding carboxylic acids is 1. The number of hydrogen-bond acceptors (Lipinski definition) is 4. The minimum atomic E-state index is -0.149. The Morgan fingerprint density at radius 1 is 1.03 bits per heavy atom. The summed E-state index contributed by atoms with van der Waals surface area (Å²) < 4.78 is 1.85. The van der Waals surface area contributed by atoms with E-state index in [-0.39, 0.29) is 11.9 Å². The lowest BCUT2D eigenvalue weighted by Gasteiger charge is -2.26. The Morgan fingerprint density at radius 2 is 1.88 bits per heavy atom. The third-order valence-electron chi connectivity index (χ3n) is 6.48. The van der Waals surface area contributed by atoms with Crippen LogP contribution in [0.4, 0.5) is 0 Å². The van der Waals surface area contributed by atoms with Crippen LogP contribution in [0.2, 0.25) is 0 Å². The molecule has 0 saturated carbocycles. The van der Waals surface area contributed by atoms with E-state index in [4.69, 9.17) is 5.10 Å². The summed E-state index contributed by atoms with van der Waals surface area (Å²) in [5, 5.41) is 11.0. The molecule has 5 nitrogen and oxygen atoms in total. The molecule has 3 aromatic heterocycles. The topological polar surface area (TPSA) is 59.8 Å². The van der Waals surface area contributed by atoms with Crippen LogP contribution in [-0.4, -0.2) is 20.7 Å². The molecule has 5 aromatic rings. The number of fused-ring (bicyclic) bond motifs is 2. The summed E-state index contributed by atoms with van der Waals surface area (Å²) in [6.07, 6.45) is 4.86. The molecule has 3 heterocycles. The maximum Gasteiger partial charge on any atom is 0.272 e. The van der Waals surface area contributed by atoms with Crippen LogP contribution in [0.1, 0.15) is 46.1 Å². The van der Waals surface area contributed by atoms with Gasteiger partial charge in [0.25, 0.3) is 5.91 Å². The zero-order chi connectivity index (χ0) is 22.9. The number of aromatic nitrogens is 3. The van der Waals surface area contributed by atoms with Crippen molar-refractivity contribution in [3.05, 3.63) is 107 Å². The van der Waals surface area contributed by atoms with E-state index in [0.29, 0.717) is 12.2 Å². The standard InChI is InChI=1S/C28H24N4OS/c33-28(30-23-13-6-11-20-10-4-5-12-21(20)23)26-25-22(24-14-7-17-34-24)15-16-29-27(25)32(31-26)18-19-8-2-1-3-9-19/h1-5,7-10,12,14-17,23H,6,11,13,18H2,(H,30,33)/t23-/m0/s1. The van der Waals surface area contributed by atoms with Gasteiger partial charge >= 0.3 is 0 Å². The maximum absolute atomic E-state index is 13.7. The molecule has 0 saturated heterocycles. The Kier molecular flexibility index (Phi) is 5.43. The summed E-state index contributed by atoms with van der Waals surface area (Å²) in [6, 6.07) is 24.6. The van der Waals surface area contributed by atoms with Gasteiger partial charge < -0.3 is 5.32 Å². The molecule has 0 aliphatic heterocycles. The van der Waals surface area contributed by atoms with E-state index in [0.717, 1.165) is 46.3 Å². The number of thiophene rings is 1. The number of aryl methyl sites for hydroxylation is 1. The van der Waals surface area contributed by atoms with Crippen molar-refractivity contribution in [2.45, 2.75) is 31.8 Å². The first-order chi connectivity index (χ1) is 16.8. The first-order valence-electron chi connectivity index (χ1n) is 11.6. The van der Waals surface area contributed by atoms with Gasteiger partial charge in [-0.05, 0) is 53.5 Å². The molecular weight excluding hydrogens is 440 g/mol. The predicted octanol–water partition coefficient (Wildman–Crippen LogP) is 6.02. The second kappa shape index (κ2) is 8.88. The molecule has 6 heteroatoms. The molecule has 0 fully saturated rings. The van der Waals surface area contributed by atoms with Gasteiger partial charge in [0.2, 0.25) is 0 Å². The average Bonchev–Trinajstić information content (AvgIpc) is 3.54. The summed E-state index contributed by atoms with van der Waals surface area (Å²) in [5.74, 6) is -0.149. The number of nitrogens with zero attached hydrogens (tertiary/aromatic N) is 3. The van der Waals surface area contributed by atoms with E-state index in [1.165, 1.54) is 11.1 Å². The van der Waals surface area contributed by atoms with Crippen LogP contribution >= 0.6 is 11.3 Å². The molecule has 0 bridgehead atoms. The van der Waals surface area contributed by atoms with E-state index in [1.807, 2.05) is 41.1 Å². The molecular formula is C28H24N4OS. The number of hydrogen-bond donors (Lipinski definition) is 1. The van der Waals surface area contributed by atoms with Crippen LogP contribution in [0, 0.1) is 0 Å². The molecule has 1 atom stereocenters. The number of nitrogens with one attached hydrogen (secondary N) is 1. The van der Waals surface area contributed by atoms with Gasteiger partial charge in [-0.1, -0.05) is 60.7 Å². The SMILES string of the molecule is O=C(N[C@H]1CCCc2ccccc21)c1nn(Cc2ccccc2)c2nccc(-c3cccs3)c12. The van der Waals surface area contributed by atoms with Crippen LogP contribution in [0.25, 0.3) is 21.5 Å². The van der Waals surface area contributed by atoms with Gasteiger partial charge in [-0.25, -0.2) is 9.67 Å². The molecule has 1 N–H and O–H groups in total. The molecule has 6 rings (SSSR count). The van der Waals surface area contributed by atoms with Gasteiger partial charge in [-0.15, -0.1) is 11.3 Å². The zero-order valence-electron chi connectivity index (χ0n) is 18.6. The Labute approximate surface area is 202 Å². The summed E-state index contributed by atoms with van der Waals surface area (Å²) in [4.78, 5) is 19.5. The van der Waals surface area contributed by atoms with E-state index >= 15 is 0 Å². The zero-order valence-corrected chi connectivity index (χ0v) is 19.5. The van der Waals surface area contributed by atoms with Crippen LogP contribution in [0.5, 0.6) is 0 Å². The van der Waals surface area contributed by atoms with Crippen LogP contribution < -0.4 is 5.32 Å². The first kappa shape index (κ1) is 20.8. The van der Waals surface area contributed by atoms with E-state index in [1.54, 1.807) is 17.5 Å². The van der Waals surface area contributed by atoms with Gasteiger partial charge in [0, 0.05) is 16.6 Å². The first-order valence-corrected chi connectivity index (χ1v) is 12.5. The van der Waals surface area contributed by atoms with Crippen molar-refractivity contribution < 1.29 is 4.79 Å². The summed E-state index contributed by atoms with van der Waals surface area (Å²) >= 11 is 1.65. The summed E-state index contributed by atoms with van der Waals surface area (Å²) in [6.45, 7) is 0.553. The molecule has 0 spiro atoms. The summed E-state index contributed by atoms with van der Waals surface area (Å²) in [5.41, 5.74) is 5.80. The lowest BCUT2D eigenvalue weighted by atomic mass is 9.87. The number of benzene rings is 2. The van der Waals surface area contributed by atoms with Gasteiger partial charge in [-0.2, -0.15) is 5.10 Å². The number of rotatable bonds is 5. The molecule has 2 aromatic carbocycles. The Balaban J connectivity index is 1.44. The Bertz CT molecular complexity index is 1460. The molecule has 34 heavy (non-hydrogen) atoms. The highest BCUT2D eigenvalue weighted by molar-refractivity contribution is 7.13. The minimum Gasteiger partial charge on any atom is -0.344 e. The second-order valence-corrected chi connectivity index (χ2v) is 9.59. The predicted molar refractivity (Wildman–Crippen MR) is 136 cm³/mol. The third-order valence-corrected chi connectivity index (χ3v) is 7.39. The van der Waals surface area contributed by atoms with Crippen molar-refractivity contribution in [2.24, 2.45) is 0 Å². The highest BCUT2D eigenvalue weighted by Gasteiger charge is 2.26. The van der Waals surface area contributed by atoms with Crippen LogP contribution in [0.15, 0.2) is 84.4 Å². The Morgan fingerprint density at radius 3 is 2.74 bits per heavy atom. The number of amides is 1. The molecule has 1 amide bonds. The monoisotopic (exact) mass is 464 g/mol. The van der Waals surface area contributed by atoms with Crippen LogP contribution in [-0.2, 0) is 13.0 Å². The van der Waals surface area contributed by atoms with Crippen molar-refractivity contribution in [3.8, 4) is 10.4 Å². The van der Waals surface area contributed by atoms with E-state index in [2.05, 4.69) is 52.1 Å². The molecule has 1 aliphatic carbocycles. The minimum absolute atomic E-state index is 0.00590.